The summed E-state index contributed by atoms with van der Waals surface area (Å²) in [5, 5.41) is 6.61. The highest BCUT2D eigenvalue weighted by Gasteiger charge is 2.34. The van der Waals surface area contributed by atoms with Crippen LogP contribution in [0.3, 0.4) is 0 Å². The Balaban J connectivity index is 0.00000576. The smallest absolute Gasteiger partial charge is 0.356 e. The van der Waals surface area contributed by atoms with Crippen LogP contribution in [0.1, 0.15) is 47.0 Å². The Hall–Kier alpha value is -0.250. The van der Waals surface area contributed by atoms with E-state index in [0.717, 1.165) is 25.2 Å². The van der Waals surface area contributed by atoms with Crippen molar-refractivity contribution >= 4 is 29.9 Å². The van der Waals surface area contributed by atoms with Crippen LogP contribution in [0.25, 0.3) is 0 Å². The van der Waals surface area contributed by atoms with E-state index < -0.39 is 12.7 Å². The van der Waals surface area contributed by atoms with Crippen LogP contribution in [0.5, 0.6) is 0 Å². The zero-order valence-electron chi connectivity index (χ0n) is 16.0. The maximum absolute atomic E-state index is 12.4. The molecule has 0 aromatic rings. The third-order valence-corrected chi connectivity index (χ3v) is 4.27. The molecule has 1 heterocycles. The first-order valence-electron chi connectivity index (χ1n) is 8.75. The van der Waals surface area contributed by atoms with Gasteiger partial charge in [0, 0.05) is 26.2 Å². The van der Waals surface area contributed by atoms with Crippen LogP contribution in [-0.2, 0) is 0 Å². The molecule has 0 aromatic carbocycles. The summed E-state index contributed by atoms with van der Waals surface area (Å²) in [6, 6.07) is 0.306. The van der Waals surface area contributed by atoms with E-state index in [0.29, 0.717) is 31.1 Å². The minimum atomic E-state index is -4.11. The summed E-state index contributed by atoms with van der Waals surface area (Å²) in [5.41, 5.74) is 0.304. The zero-order valence-corrected chi connectivity index (χ0v) is 18.4. The fourth-order valence-electron chi connectivity index (χ4n) is 2.87. The van der Waals surface area contributed by atoms with Crippen LogP contribution >= 0.6 is 24.0 Å². The Morgan fingerprint density at radius 3 is 2.44 bits per heavy atom. The number of nitrogens with zero attached hydrogens (tertiary/aromatic N) is 2. The van der Waals surface area contributed by atoms with Gasteiger partial charge in [0.25, 0.3) is 0 Å². The van der Waals surface area contributed by atoms with Crippen molar-refractivity contribution in [3.05, 3.63) is 0 Å². The third-order valence-electron chi connectivity index (χ3n) is 4.27. The highest BCUT2D eigenvalue weighted by Crippen LogP contribution is 2.23. The maximum Gasteiger partial charge on any atom is 0.401 e. The molecular formula is C17H34F3IN4. The number of rotatable bonds is 6. The molecule has 0 amide bonds. The molecule has 1 fully saturated rings. The van der Waals surface area contributed by atoms with E-state index in [-0.39, 0.29) is 29.9 Å². The lowest BCUT2D eigenvalue weighted by Gasteiger charge is -2.23. The number of hydrogen-bond donors (Lipinski definition) is 2. The minimum absolute atomic E-state index is 0. The van der Waals surface area contributed by atoms with Crippen molar-refractivity contribution in [3.63, 3.8) is 0 Å². The lowest BCUT2D eigenvalue weighted by molar-refractivity contribution is -0.143. The Labute approximate surface area is 167 Å². The predicted octanol–water partition coefficient (Wildman–Crippen LogP) is 3.87. The molecule has 0 spiro atoms. The van der Waals surface area contributed by atoms with E-state index in [4.69, 9.17) is 0 Å². The van der Waals surface area contributed by atoms with Crippen molar-refractivity contribution in [2.45, 2.75) is 59.2 Å². The van der Waals surface area contributed by atoms with Crippen molar-refractivity contribution in [2.75, 3.05) is 33.2 Å². The molecule has 4 nitrogen and oxygen atoms in total. The number of likely N-dealkylation sites (tertiary alicyclic amines) is 1. The number of nitrogens with one attached hydrogen (secondary N) is 2. The van der Waals surface area contributed by atoms with Gasteiger partial charge in [0.1, 0.15) is 0 Å². The normalized spacial score (nSPS) is 21.0. The van der Waals surface area contributed by atoms with Crippen LogP contribution in [0, 0.1) is 11.3 Å². The van der Waals surface area contributed by atoms with Gasteiger partial charge < -0.3 is 10.6 Å². The van der Waals surface area contributed by atoms with E-state index in [2.05, 4.69) is 43.3 Å². The first-order valence-corrected chi connectivity index (χ1v) is 8.75. The Morgan fingerprint density at radius 1 is 1.28 bits per heavy atom. The fourth-order valence-corrected chi connectivity index (χ4v) is 2.87. The summed E-state index contributed by atoms with van der Waals surface area (Å²) in [6.07, 6.45) is -1.15. The van der Waals surface area contributed by atoms with Crippen molar-refractivity contribution in [1.82, 2.24) is 15.5 Å². The molecule has 0 aromatic heterocycles. The molecule has 2 unspecified atom stereocenters. The van der Waals surface area contributed by atoms with E-state index in [1.807, 2.05) is 0 Å². The van der Waals surface area contributed by atoms with Crippen molar-refractivity contribution in [1.29, 1.82) is 0 Å². The van der Waals surface area contributed by atoms with Gasteiger partial charge in [-0.15, -0.1) is 24.0 Å². The van der Waals surface area contributed by atoms with Gasteiger partial charge in [0.05, 0.1) is 6.54 Å². The largest absolute Gasteiger partial charge is 0.401 e. The van der Waals surface area contributed by atoms with Crippen LogP contribution in [0.4, 0.5) is 13.2 Å². The number of aliphatic imine (C=N–C) groups is 1. The van der Waals surface area contributed by atoms with Gasteiger partial charge in [0.2, 0.25) is 0 Å². The summed E-state index contributed by atoms with van der Waals surface area (Å²) in [7, 11) is 1.72. The van der Waals surface area contributed by atoms with Crippen molar-refractivity contribution < 1.29 is 13.2 Å². The summed E-state index contributed by atoms with van der Waals surface area (Å²) in [4.78, 5) is 5.69. The molecule has 0 aliphatic carbocycles. The number of halogens is 4. The highest BCUT2D eigenvalue weighted by molar-refractivity contribution is 14.0. The Bertz CT molecular complexity index is 408. The SMILES string of the molecule is CN=C(NCC1CCN(CC(F)(F)F)C1)NC(C)CCC(C)(C)C.I. The molecule has 25 heavy (non-hydrogen) atoms. The topological polar surface area (TPSA) is 39.7 Å². The quantitative estimate of drug-likeness (QED) is 0.346. The van der Waals surface area contributed by atoms with Gasteiger partial charge in [0.15, 0.2) is 5.96 Å². The van der Waals surface area contributed by atoms with Crippen LogP contribution in [-0.4, -0.2) is 56.3 Å². The molecule has 150 valence electrons. The average molecular weight is 478 g/mol. The van der Waals surface area contributed by atoms with Gasteiger partial charge in [-0.25, -0.2) is 0 Å². The zero-order chi connectivity index (χ0) is 18.4. The predicted molar refractivity (Wildman–Crippen MR) is 109 cm³/mol. The standard InChI is InChI=1S/C17H33F3N4.HI/c1-13(6-8-16(2,3)4)23-15(21-5)22-10-14-7-9-24(11-14)12-17(18,19)20;/h13-14H,6-12H2,1-5H3,(H2,21,22,23);1H. The van der Waals surface area contributed by atoms with E-state index in [9.17, 15) is 13.2 Å². The Kier molecular flexibility index (Phi) is 10.7. The van der Waals surface area contributed by atoms with Gasteiger partial charge >= 0.3 is 6.18 Å². The van der Waals surface area contributed by atoms with Crippen LogP contribution in [0.2, 0.25) is 0 Å². The molecule has 1 rings (SSSR count). The molecular weight excluding hydrogens is 444 g/mol. The molecule has 0 saturated carbocycles. The molecule has 2 N–H and O–H groups in total. The van der Waals surface area contributed by atoms with Crippen molar-refractivity contribution in [2.24, 2.45) is 16.3 Å². The Morgan fingerprint density at radius 2 is 1.92 bits per heavy atom. The molecule has 1 saturated heterocycles. The third kappa shape index (κ3) is 11.9. The lowest BCUT2D eigenvalue weighted by Crippen LogP contribution is -2.44. The van der Waals surface area contributed by atoms with E-state index in [1.54, 1.807) is 7.05 Å². The van der Waals surface area contributed by atoms with Gasteiger partial charge in [-0.2, -0.15) is 13.2 Å². The number of alkyl halides is 3. The summed E-state index contributed by atoms with van der Waals surface area (Å²) >= 11 is 0. The van der Waals surface area contributed by atoms with Crippen molar-refractivity contribution in [3.8, 4) is 0 Å². The second-order valence-corrected chi connectivity index (χ2v) is 8.10. The number of hydrogen-bond acceptors (Lipinski definition) is 2. The van der Waals surface area contributed by atoms with Gasteiger partial charge in [-0.1, -0.05) is 20.8 Å². The molecule has 2 atom stereocenters. The maximum atomic E-state index is 12.4. The summed E-state index contributed by atoms with van der Waals surface area (Å²) in [5.74, 6) is 0.960. The molecule has 8 heteroatoms. The van der Waals surface area contributed by atoms with Crippen LogP contribution < -0.4 is 10.6 Å². The van der Waals surface area contributed by atoms with Crippen LogP contribution in [0.15, 0.2) is 4.99 Å². The lowest BCUT2D eigenvalue weighted by atomic mass is 9.89. The highest BCUT2D eigenvalue weighted by atomic mass is 127. The summed E-state index contributed by atoms with van der Waals surface area (Å²) < 4.78 is 37.2. The van der Waals surface area contributed by atoms with E-state index in [1.165, 1.54) is 4.90 Å². The summed E-state index contributed by atoms with van der Waals surface area (Å²) in [6.45, 7) is 9.64. The second kappa shape index (κ2) is 10.8. The first-order chi connectivity index (χ1) is 11.0. The fraction of sp³-hybridized carbons (Fsp3) is 0.941. The first kappa shape index (κ1) is 24.8. The molecule has 0 bridgehead atoms. The monoisotopic (exact) mass is 478 g/mol. The average Bonchev–Trinajstić information content (AvgIpc) is 2.85. The van der Waals surface area contributed by atoms with Gasteiger partial charge in [-0.05, 0) is 44.1 Å². The number of guanidine groups is 1. The van der Waals surface area contributed by atoms with Gasteiger partial charge in [-0.3, -0.25) is 9.89 Å². The minimum Gasteiger partial charge on any atom is -0.356 e. The molecule has 0 radical (unpaired) electrons. The molecule has 1 aliphatic rings. The van der Waals surface area contributed by atoms with E-state index >= 15 is 0 Å². The second-order valence-electron chi connectivity index (χ2n) is 8.10. The molecule has 1 aliphatic heterocycles.